The van der Waals surface area contributed by atoms with Crippen LogP contribution in [0.25, 0.3) is 0 Å². The maximum atomic E-state index is 11.5. The minimum atomic E-state index is -1.14. The van der Waals surface area contributed by atoms with Crippen LogP contribution in [0.2, 0.25) is 0 Å². The molecule has 0 N–H and O–H groups in total. The van der Waals surface area contributed by atoms with Gasteiger partial charge in [-0.25, -0.2) is 14.4 Å². The van der Waals surface area contributed by atoms with Gasteiger partial charge < -0.3 is 28.4 Å². The summed E-state index contributed by atoms with van der Waals surface area (Å²) in [6, 6.07) is 0. The number of hydrogen-bond acceptors (Lipinski definition) is 10. The highest BCUT2D eigenvalue weighted by atomic mass is 16.8. The lowest BCUT2D eigenvalue weighted by Crippen LogP contribution is -2.30. The molecule has 0 amide bonds. The number of esters is 2. The van der Waals surface area contributed by atoms with Crippen molar-refractivity contribution in [2.75, 3.05) is 33.5 Å². The Labute approximate surface area is 131 Å². The molecule has 0 bridgehead atoms. The number of cyclic esters (lactones) is 2. The van der Waals surface area contributed by atoms with Crippen LogP contribution in [0.5, 0.6) is 0 Å². The SMILES string of the molecule is COCC(OC=O)C(=O)OC/C=C/COC(=O)[C@H]1COC(=O)O1. The molecule has 10 nitrogen and oxygen atoms in total. The van der Waals surface area contributed by atoms with E-state index in [2.05, 4.69) is 14.2 Å². The second-order valence-corrected chi connectivity index (χ2v) is 4.08. The molecule has 10 heteroatoms. The number of hydrogen-bond donors (Lipinski definition) is 0. The third kappa shape index (κ3) is 6.78. The molecular formula is C13H16O10. The summed E-state index contributed by atoms with van der Waals surface area (Å²) in [4.78, 5) is 43.7. The van der Waals surface area contributed by atoms with E-state index in [0.29, 0.717) is 0 Å². The zero-order valence-corrected chi connectivity index (χ0v) is 12.3. The van der Waals surface area contributed by atoms with Gasteiger partial charge in [-0.2, -0.15) is 0 Å². The third-order valence-corrected chi connectivity index (χ3v) is 2.46. The Balaban J connectivity index is 2.18. The van der Waals surface area contributed by atoms with Crippen LogP contribution in [0.4, 0.5) is 4.79 Å². The summed E-state index contributed by atoms with van der Waals surface area (Å²) in [6.07, 6.45) is -0.274. The van der Waals surface area contributed by atoms with Crippen LogP contribution in [-0.4, -0.2) is 70.3 Å². The highest BCUT2D eigenvalue weighted by molar-refractivity contribution is 5.79. The van der Waals surface area contributed by atoms with Gasteiger partial charge in [0, 0.05) is 7.11 Å². The van der Waals surface area contributed by atoms with Crippen LogP contribution in [0.1, 0.15) is 0 Å². The molecule has 1 aliphatic heterocycles. The van der Waals surface area contributed by atoms with Crippen LogP contribution >= 0.6 is 0 Å². The Morgan fingerprint density at radius 2 is 2.00 bits per heavy atom. The molecule has 0 radical (unpaired) electrons. The largest absolute Gasteiger partial charge is 0.509 e. The number of carbonyl (C=O) groups excluding carboxylic acids is 4. The van der Waals surface area contributed by atoms with Gasteiger partial charge in [0.2, 0.25) is 12.2 Å². The van der Waals surface area contributed by atoms with E-state index in [4.69, 9.17) is 14.2 Å². The van der Waals surface area contributed by atoms with Gasteiger partial charge in [-0.3, -0.25) is 4.79 Å². The number of methoxy groups -OCH3 is 1. The Morgan fingerprint density at radius 1 is 1.30 bits per heavy atom. The molecule has 1 unspecified atom stereocenters. The summed E-state index contributed by atoms with van der Waals surface area (Å²) >= 11 is 0. The summed E-state index contributed by atoms with van der Waals surface area (Å²) in [5, 5.41) is 0. The molecule has 1 fully saturated rings. The van der Waals surface area contributed by atoms with Gasteiger partial charge in [0.05, 0.1) is 6.61 Å². The van der Waals surface area contributed by atoms with Crippen molar-refractivity contribution in [1.29, 1.82) is 0 Å². The fraction of sp³-hybridized carbons (Fsp3) is 0.538. The maximum absolute atomic E-state index is 11.5. The Bertz CT molecular complexity index is 458. The van der Waals surface area contributed by atoms with Crippen molar-refractivity contribution in [3.8, 4) is 0 Å². The van der Waals surface area contributed by atoms with Crippen LogP contribution < -0.4 is 0 Å². The van der Waals surface area contributed by atoms with Gasteiger partial charge >= 0.3 is 18.1 Å². The first-order valence-corrected chi connectivity index (χ1v) is 6.48. The van der Waals surface area contributed by atoms with E-state index in [1.807, 2.05) is 0 Å². The van der Waals surface area contributed by atoms with Crippen molar-refractivity contribution in [3.63, 3.8) is 0 Å². The number of carbonyl (C=O) groups is 4. The van der Waals surface area contributed by atoms with Crippen molar-refractivity contribution in [2.45, 2.75) is 12.2 Å². The summed E-state index contributed by atoms with van der Waals surface area (Å²) in [6.45, 7) is -0.394. The topological polar surface area (TPSA) is 124 Å². The van der Waals surface area contributed by atoms with Crippen molar-refractivity contribution < 1.29 is 47.6 Å². The standard InChI is InChI=1S/C13H16O10/c1-18-6-9(22-8-14)11(15)19-4-2-3-5-20-12(16)10-7-21-13(17)23-10/h2-3,8-10H,4-7H2,1H3/b3-2+/t9?,10-/m1/s1. The molecule has 0 saturated carbocycles. The predicted molar refractivity (Wildman–Crippen MR) is 70.1 cm³/mol. The molecule has 128 valence electrons. The fourth-order valence-corrected chi connectivity index (χ4v) is 1.41. The van der Waals surface area contributed by atoms with Crippen LogP contribution in [0.3, 0.4) is 0 Å². The Morgan fingerprint density at radius 3 is 2.57 bits per heavy atom. The van der Waals surface area contributed by atoms with Gasteiger partial charge in [-0.15, -0.1) is 0 Å². The molecule has 1 saturated heterocycles. The zero-order chi connectivity index (χ0) is 17.1. The van der Waals surface area contributed by atoms with E-state index in [1.165, 1.54) is 19.3 Å². The quantitative estimate of drug-likeness (QED) is 0.221. The Hall–Kier alpha value is -2.62. The molecule has 2 atom stereocenters. The first-order valence-electron chi connectivity index (χ1n) is 6.48. The lowest BCUT2D eigenvalue weighted by molar-refractivity contribution is -0.163. The van der Waals surface area contributed by atoms with Gasteiger partial charge in [0.25, 0.3) is 6.47 Å². The molecule has 1 aliphatic rings. The van der Waals surface area contributed by atoms with Gasteiger partial charge in [0.15, 0.2) is 0 Å². The molecule has 1 rings (SSSR count). The highest BCUT2D eigenvalue weighted by Crippen LogP contribution is 2.07. The molecule has 0 aromatic carbocycles. The third-order valence-electron chi connectivity index (χ3n) is 2.46. The fourth-order valence-electron chi connectivity index (χ4n) is 1.41. The van der Waals surface area contributed by atoms with E-state index in [1.54, 1.807) is 0 Å². The summed E-state index contributed by atoms with van der Waals surface area (Å²) in [7, 11) is 1.34. The molecule has 1 heterocycles. The molecular weight excluding hydrogens is 316 g/mol. The van der Waals surface area contributed by atoms with E-state index in [9.17, 15) is 19.2 Å². The normalized spacial score (nSPS) is 18.0. The second-order valence-electron chi connectivity index (χ2n) is 4.08. The average Bonchev–Trinajstić information content (AvgIpc) is 2.96. The van der Waals surface area contributed by atoms with Crippen LogP contribution in [0, 0.1) is 0 Å². The highest BCUT2D eigenvalue weighted by Gasteiger charge is 2.32. The van der Waals surface area contributed by atoms with Crippen LogP contribution in [-0.2, 0) is 42.8 Å². The molecule has 0 spiro atoms. The van der Waals surface area contributed by atoms with Gasteiger partial charge in [-0.05, 0) is 12.2 Å². The van der Waals surface area contributed by atoms with Crippen molar-refractivity contribution in [1.82, 2.24) is 0 Å². The zero-order valence-electron chi connectivity index (χ0n) is 12.3. The predicted octanol–water partition coefficient (Wildman–Crippen LogP) is -0.648. The molecule has 23 heavy (non-hydrogen) atoms. The molecule has 0 aromatic heterocycles. The minimum Gasteiger partial charge on any atom is -0.459 e. The van der Waals surface area contributed by atoms with E-state index in [-0.39, 0.29) is 32.9 Å². The van der Waals surface area contributed by atoms with E-state index < -0.39 is 30.3 Å². The van der Waals surface area contributed by atoms with Gasteiger partial charge in [-0.1, -0.05) is 0 Å². The van der Waals surface area contributed by atoms with Crippen LogP contribution in [0.15, 0.2) is 12.2 Å². The Kier molecular flexibility index (Phi) is 8.14. The monoisotopic (exact) mass is 332 g/mol. The minimum absolute atomic E-state index is 0.100. The lowest BCUT2D eigenvalue weighted by Gasteiger charge is -2.12. The van der Waals surface area contributed by atoms with Crippen molar-refractivity contribution >= 4 is 24.6 Å². The average molecular weight is 332 g/mol. The van der Waals surface area contributed by atoms with Gasteiger partial charge in [0.1, 0.15) is 19.8 Å². The number of ether oxygens (including phenoxy) is 6. The maximum Gasteiger partial charge on any atom is 0.509 e. The summed E-state index contributed by atoms with van der Waals surface area (Å²) < 4.78 is 27.8. The van der Waals surface area contributed by atoms with E-state index >= 15 is 0 Å². The summed E-state index contributed by atoms with van der Waals surface area (Å²) in [5.74, 6) is -1.51. The van der Waals surface area contributed by atoms with Crippen molar-refractivity contribution in [2.24, 2.45) is 0 Å². The summed E-state index contributed by atoms with van der Waals surface area (Å²) in [5.41, 5.74) is 0. The van der Waals surface area contributed by atoms with Crippen molar-refractivity contribution in [3.05, 3.63) is 12.2 Å². The van der Waals surface area contributed by atoms with E-state index in [0.717, 1.165) is 0 Å². The smallest absolute Gasteiger partial charge is 0.459 e. The number of rotatable bonds is 10. The molecule has 0 aliphatic carbocycles. The first kappa shape index (κ1) is 18.4. The lowest BCUT2D eigenvalue weighted by atomic mass is 10.4. The first-order chi connectivity index (χ1) is 11.1. The molecule has 0 aromatic rings. The second kappa shape index (κ2) is 10.2.